The first-order valence-electron chi connectivity index (χ1n) is 4.02. The fourth-order valence-electron chi connectivity index (χ4n) is 0.985. The monoisotopic (exact) mass is 222 g/mol. The van der Waals surface area contributed by atoms with Crippen LogP contribution in [0.3, 0.4) is 0 Å². The van der Waals surface area contributed by atoms with Gasteiger partial charge >= 0.3 is 5.92 Å². The van der Waals surface area contributed by atoms with Crippen molar-refractivity contribution in [3.8, 4) is 0 Å². The number of hydrogen-bond acceptors (Lipinski definition) is 4. The first-order valence-corrected chi connectivity index (χ1v) is 4.84. The van der Waals surface area contributed by atoms with Crippen molar-refractivity contribution in [2.45, 2.75) is 12.8 Å². The minimum absolute atomic E-state index is 0.163. The molecule has 1 N–H and O–H groups in total. The van der Waals surface area contributed by atoms with Crippen molar-refractivity contribution < 1.29 is 13.9 Å². The van der Waals surface area contributed by atoms with Crippen molar-refractivity contribution in [3.05, 3.63) is 10.6 Å². The number of hydrogen-bond donors (Lipinski definition) is 1. The number of halogens is 2. The number of nitrogens with zero attached hydrogens (tertiary/aromatic N) is 2. The summed E-state index contributed by atoms with van der Waals surface area (Å²) >= 11 is 0.904. The van der Waals surface area contributed by atoms with Crippen LogP contribution >= 0.6 is 11.3 Å². The minimum Gasteiger partial charge on any atom is -0.390 e. The van der Waals surface area contributed by atoms with Gasteiger partial charge in [-0.1, -0.05) is 11.3 Å². The van der Waals surface area contributed by atoms with Crippen LogP contribution in [0.25, 0.3) is 0 Å². The standard InChI is InChI=1S/C8H12F2N2OS/c1-5-6(8(9,10)4-13)14-7(11-5)12(2)3/h13H,4H2,1-3H3. The fourth-order valence-corrected chi connectivity index (χ4v) is 1.94. The Hall–Kier alpha value is -0.750. The largest absolute Gasteiger partial charge is 0.390 e. The highest BCUT2D eigenvalue weighted by Gasteiger charge is 2.35. The van der Waals surface area contributed by atoms with Crippen molar-refractivity contribution in [3.63, 3.8) is 0 Å². The lowest BCUT2D eigenvalue weighted by atomic mass is 10.2. The third-order valence-corrected chi connectivity index (χ3v) is 3.14. The zero-order chi connectivity index (χ0) is 10.9. The third kappa shape index (κ3) is 2.01. The Morgan fingerprint density at radius 3 is 2.43 bits per heavy atom. The number of aliphatic hydroxyl groups excluding tert-OH is 1. The molecule has 14 heavy (non-hydrogen) atoms. The summed E-state index contributed by atoms with van der Waals surface area (Å²) in [6, 6.07) is 0. The van der Waals surface area contributed by atoms with E-state index in [1.807, 2.05) is 0 Å². The van der Waals surface area contributed by atoms with Crippen molar-refractivity contribution in [1.29, 1.82) is 0 Å². The summed E-state index contributed by atoms with van der Waals surface area (Å²) in [6.45, 7) is 0.339. The molecule has 0 aromatic carbocycles. The zero-order valence-corrected chi connectivity index (χ0v) is 9.03. The molecular formula is C8H12F2N2OS. The van der Waals surface area contributed by atoms with E-state index in [4.69, 9.17) is 5.11 Å². The molecule has 1 aromatic heterocycles. The fraction of sp³-hybridized carbons (Fsp3) is 0.625. The Labute approximate surface area is 85.0 Å². The highest BCUT2D eigenvalue weighted by Crippen LogP contribution is 2.37. The van der Waals surface area contributed by atoms with Crippen LogP contribution in [0.2, 0.25) is 0 Å². The molecule has 0 saturated heterocycles. The summed E-state index contributed by atoms with van der Waals surface area (Å²) in [5, 5.41) is 9.05. The molecule has 80 valence electrons. The van der Waals surface area contributed by atoms with Crippen LogP contribution < -0.4 is 4.90 Å². The van der Waals surface area contributed by atoms with E-state index in [0.29, 0.717) is 5.13 Å². The van der Waals surface area contributed by atoms with Crippen LogP contribution in [-0.4, -0.2) is 30.8 Å². The molecule has 0 unspecified atom stereocenters. The summed E-state index contributed by atoms with van der Waals surface area (Å²) in [7, 11) is 3.47. The first-order chi connectivity index (χ1) is 6.38. The van der Waals surface area contributed by atoms with Crippen LogP contribution in [0.1, 0.15) is 10.6 Å². The van der Waals surface area contributed by atoms with E-state index in [9.17, 15) is 8.78 Å². The van der Waals surface area contributed by atoms with E-state index in [1.54, 1.807) is 19.0 Å². The van der Waals surface area contributed by atoms with Crippen molar-refractivity contribution in [1.82, 2.24) is 4.98 Å². The first kappa shape index (κ1) is 11.3. The van der Waals surface area contributed by atoms with Gasteiger partial charge < -0.3 is 10.0 Å². The van der Waals surface area contributed by atoms with Gasteiger partial charge in [-0.25, -0.2) is 4.98 Å². The minimum atomic E-state index is -3.18. The van der Waals surface area contributed by atoms with Gasteiger partial charge in [0.25, 0.3) is 0 Å². The Morgan fingerprint density at radius 1 is 1.50 bits per heavy atom. The summed E-state index contributed by atoms with van der Waals surface area (Å²) in [4.78, 5) is 5.48. The topological polar surface area (TPSA) is 36.4 Å². The summed E-state index contributed by atoms with van der Waals surface area (Å²) in [6.07, 6.45) is 0. The number of aliphatic hydroxyl groups is 1. The zero-order valence-electron chi connectivity index (χ0n) is 8.21. The van der Waals surface area contributed by atoms with E-state index < -0.39 is 12.5 Å². The number of aryl methyl sites for hydroxylation is 1. The summed E-state index contributed by atoms with van der Waals surface area (Å²) in [5.74, 6) is -3.18. The van der Waals surface area contributed by atoms with Crippen LogP contribution in [0, 0.1) is 6.92 Å². The lowest BCUT2D eigenvalue weighted by Crippen LogP contribution is -2.17. The van der Waals surface area contributed by atoms with Crippen molar-refractivity contribution >= 4 is 16.5 Å². The maximum absolute atomic E-state index is 13.1. The molecule has 0 radical (unpaired) electrons. The summed E-state index contributed by atoms with van der Waals surface area (Å²) in [5.41, 5.74) is 0.276. The molecule has 0 aliphatic heterocycles. The number of aromatic nitrogens is 1. The molecule has 0 fully saturated rings. The second-order valence-electron chi connectivity index (χ2n) is 3.17. The van der Waals surface area contributed by atoms with Gasteiger partial charge in [0.2, 0.25) is 0 Å². The number of rotatable bonds is 3. The Bertz CT molecular complexity index is 325. The van der Waals surface area contributed by atoms with Gasteiger partial charge in [-0.15, -0.1) is 0 Å². The smallest absolute Gasteiger partial charge is 0.306 e. The number of anilines is 1. The predicted octanol–water partition coefficient (Wildman–Crippen LogP) is 1.60. The average molecular weight is 222 g/mol. The second-order valence-corrected chi connectivity index (χ2v) is 4.15. The molecule has 0 atom stereocenters. The quantitative estimate of drug-likeness (QED) is 0.844. The van der Waals surface area contributed by atoms with Gasteiger partial charge in [-0.2, -0.15) is 8.78 Å². The average Bonchev–Trinajstić information content (AvgIpc) is 2.48. The molecule has 0 spiro atoms. The van der Waals surface area contributed by atoms with Gasteiger partial charge in [0.15, 0.2) is 5.13 Å². The lowest BCUT2D eigenvalue weighted by molar-refractivity contribution is -0.0530. The van der Waals surface area contributed by atoms with Crippen LogP contribution in [0.15, 0.2) is 0 Å². The lowest BCUT2D eigenvalue weighted by Gasteiger charge is -2.11. The molecule has 0 bridgehead atoms. The van der Waals surface area contributed by atoms with Gasteiger partial charge in [0, 0.05) is 14.1 Å². The molecular weight excluding hydrogens is 210 g/mol. The molecule has 1 aromatic rings. The van der Waals surface area contributed by atoms with Gasteiger partial charge in [0.1, 0.15) is 11.5 Å². The predicted molar refractivity (Wildman–Crippen MR) is 52.2 cm³/mol. The van der Waals surface area contributed by atoms with Gasteiger partial charge in [-0.05, 0) is 6.92 Å². The van der Waals surface area contributed by atoms with Crippen LogP contribution in [0.5, 0.6) is 0 Å². The molecule has 0 amide bonds. The van der Waals surface area contributed by atoms with Crippen molar-refractivity contribution in [2.24, 2.45) is 0 Å². The maximum atomic E-state index is 13.1. The highest BCUT2D eigenvalue weighted by molar-refractivity contribution is 7.15. The molecule has 6 heteroatoms. The van der Waals surface area contributed by atoms with E-state index >= 15 is 0 Å². The van der Waals surface area contributed by atoms with Crippen LogP contribution in [-0.2, 0) is 5.92 Å². The van der Waals surface area contributed by atoms with E-state index in [1.165, 1.54) is 6.92 Å². The maximum Gasteiger partial charge on any atom is 0.306 e. The normalized spacial score (nSPS) is 11.9. The Morgan fingerprint density at radius 2 is 2.07 bits per heavy atom. The van der Waals surface area contributed by atoms with Crippen LogP contribution in [0.4, 0.5) is 13.9 Å². The molecule has 3 nitrogen and oxygen atoms in total. The number of thiazole rings is 1. The molecule has 0 aliphatic carbocycles. The van der Waals surface area contributed by atoms with Gasteiger partial charge in [0.05, 0.1) is 5.69 Å². The number of alkyl halides is 2. The van der Waals surface area contributed by atoms with Gasteiger partial charge in [-0.3, -0.25) is 0 Å². The van der Waals surface area contributed by atoms with Crippen molar-refractivity contribution in [2.75, 3.05) is 25.6 Å². The highest BCUT2D eigenvalue weighted by atomic mass is 32.1. The van der Waals surface area contributed by atoms with E-state index in [-0.39, 0.29) is 10.6 Å². The SMILES string of the molecule is Cc1nc(N(C)C)sc1C(F)(F)CO. The Balaban J connectivity index is 3.10. The Kier molecular flexibility index (Phi) is 3.06. The molecule has 1 heterocycles. The molecule has 1 rings (SSSR count). The third-order valence-electron chi connectivity index (χ3n) is 1.70. The van der Waals surface area contributed by atoms with E-state index in [2.05, 4.69) is 4.98 Å². The second kappa shape index (κ2) is 3.78. The molecule has 0 aliphatic rings. The van der Waals surface area contributed by atoms with E-state index in [0.717, 1.165) is 11.3 Å². The summed E-state index contributed by atoms with van der Waals surface area (Å²) < 4.78 is 26.2. The molecule has 0 saturated carbocycles.